The van der Waals surface area contributed by atoms with Crippen molar-refractivity contribution in [1.29, 1.82) is 0 Å². The van der Waals surface area contributed by atoms with Gasteiger partial charge in [0.15, 0.2) is 0 Å². The van der Waals surface area contributed by atoms with Crippen molar-refractivity contribution in [3.8, 4) is 0 Å². The molecule has 65 heavy (non-hydrogen) atoms. The fraction of sp³-hybridized carbons (Fsp3) is 0.984. The summed E-state index contributed by atoms with van der Waals surface area (Å²) in [5, 5.41) is 0. The molecule has 0 amide bonds. The van der Waals surface area contributed by atoms with Gasteiger partial charge in [-0.15, -0.1) is 0 Å². The lowest BCUT2D eigenvalue weighted by Crippen LogP contribution is -2.14. The molecule has 0 radical (unpaired) electrons. The van der Waals surface area contributed by atoms with Crippen LogP contribution in [0.5, 0.6) is 0 Å². The Morgan fingerprint density at radius 2 is 0.538 bits per heavy atom. The van der Waals surface area contributed by atoms with E-state index in [1.807, 2.05) is 6.92 Å². The Labute approximate surface area is 414 Å². The molecule has 0 aromatic heterocycles. The molecule has 0 saturated heterocycles. The van der Waals surface area contributed by atoms with Gasteiger partial charge in [0.2, 0.25) is 0 Å². The predicted molar refractivity (Wildman–Crippen MR) is 297 cm³/mol. The van der Waals surface area contributed by atoms with Crippen LogP contribution in [0.15, 0.2) is 0 Å². The van der Waals surface area contributed by atoms with Gasteiger partial charge < -0.3 is 0 Å². The molecule has 390 valence electrons. The quantitative estimate of drug-likeness (QED) is 0.0556. The number of ketones is 1. The van der Waals surface area contributed by atoms with Gasteiger partial charge in [-0.2, -0.15) is 0 Å². The summed E-state index contributed by atoms with van der Waals surface area (Å²) >= 11 is 0. The van der Waals surface area contributed by atoms with Crippen molar-refractivity contribution < 1.29 is 4.79 Å². The number of rotatable bonds is 52. The largest absolute Gasteiger partial charge is 0.300 e. The highest BCUT2D eigenvalue weighted by atomic mass is 16.1. The number of Topliss-reactive ketones (excluding diaryl/α,β-unsaturated/α-hetero) is 1. The molecule has 0 bridgehead atoms. The molecule has 0 spiro atoms. The van der Waals surface area contributed by atoms with Crippen LogP contribution >= 0.6 is 0 Å². The molecule has 1 heteroatoms. The first kappa shape index (κ1) is 64.7. The van der Waals surface area contributed by atoms with Gasteiger partial charge in [0.25, 0.3) is 0 Å². The van der Waals surface area contributed by atoms with Gasteiger partial charge in [-0.05, 0) is 72.5 Å². The van der Waals surface area contributed by atoms with Gasteiger partial charge in [-0.1, -0.05) is 320 Å². The van der Waals surface area contributed by atoms with Crippen molar-refractivity contribution in [3.63, 3.8) is 0 Å². The zero-order valence-electron chi connectivity index (χ0n) is 47.5. The van der Waals surface area contributed by atoms with Gasteiger partial charge in [0, 0.05) is 12.8 Å². The highest BCUT2D eigenvalue weighted by Crippen LogP contribution is 2.31. The minimum absolute atomic E-state index is 0.441. The summed E-state index contributed by atoms with van der Waals surface area (Å²) in [7, 11) is 0. The Morgan fingerprint density at radius 3 is 0.862 bits per heavy atom. The first-order valence-electron chi connectivity index (χ1n) is 30.9. The second kappa shape index (κ2) is 47.4. The summed E-state index contributed by atoms with van der Waals surface area (Å²) in [4.78, 5) is 11.4. The van der Waals surface area contributed by atoms with E-state index in [9.17, 15) is 4.79 Å². The minimum Gasteiger partial charge on any atom is -0.300 e. The number of unbranched alkanes of at least 4 members (excludes halogenated alkanes) is 24. The fourth-order valence-electron chi connectivity index (χ4n) is 11.0. The maximum atomic E-state index is 11.4. The molecule has 0 heterocycles. The van der Waals surface area contributed by atoms with Crippen LogP contribution in [0.2, 0.25) is 0 Å². The molecular formula is C64H128O. The number of carbonyl (C=O) groups is 1. The van der Waals surface area contributed by atoms with E-state index in [2.05, 4.69) is 69.2 Å². The molecule has 5 unspecified atom stereocenters. The topological polar surface area (TPSA) is 17.1 Å². The number of hydrogen-bond donors (Lipinski definition) is 0. The maximum Gasteiger partial charge on any atom is 0.132 e. The summed E-state index contributed by atoms with van der Waals surface area (Å²) in [6.07, 6.45) is 60.4. The summed E-state index contributed by atoms with van der Waals surface area (Å²) in [5.74, 6) is 8.56. The Kier molecular flexibility index (Phi) is 47.1. The van der Waals surface area contributed by atoms with Crippen LogP contribution in [0, 0.1) is 53.3 Å². The van der Waals surface area contributed by atoms with E-state index in [4.69, 9.17) is 0 Å². The van der Waals surface area contributed by atoms with Gasteiger partial charge in [0.1, 0.15) is 5.78 Å². The van der Waals surface area contributed by atoms with E-state index in [0.717, 1.165) is 72.5 Å². The average Bonchev–Trinajstić information content (AvgIpc) is 3.27. The first-order chi connectivity index (χ1) is 31.3. The highest BCUT2D eigenvalue weighted by molar-refractivity contribution is 5.77. The third-order valence-electron chi connectivity index (χ3n) is 16.9. The Hall–Kier alpha value is -0.330. The van der Waals surface area contributed by atoms with Crippen molar-refractivity contribution in [1.82, 2.24) is 0 Å². The molecule has 0 saturated carbocycles. The van der Waals surface area contributed by atoms with Crippen LogP contribution in [0.4, 0.5) is 0 Å². The zero-order valence-corrected chi connectivity index (χ0v) is 47.5. The summed E-state index contributed by atoms with van der Waals surface area (Å²) in [5.41, 5.74) is 0. The number of hydrogen-bond acceptors (Lipinski definition) is 1. The normalized spacial score (nSPS) is 15.4. The molecule has 0 aliphatic rings. The molecule has 0 aromatic rings. The van der Waals surface area contributed by atoms with Gasteiger partial charge >= 0.3 is 0 Å². The zero-order chi connectivity index (χ0) is 48.2. The lowest BCUT2D eigenvalue weighted by atomic mass is 9.80. The van der Waals surface area contributed by atoms with E-state index in [0.29, 0.717) is 5.78 Å². The van der Waals surface area contributed by atoms with Gasteiger partial charge in [0.05, 0.1) is 0 Å². The summed E-state index contributed by atoms with van der Waals surface area (Å²) in [6.45, 7) is 26.8. The third-order valence-corrected chi connectivity index (χ3v) is 16.9. The average molecular weight is 914 g/mol. The van der Waals surface area contributed by atoms with Crippen molar-refractivity contribution in [2.45, 2.75) is 352 Å². The molecule has 7 atom stereocenters. The van der Waals surface area contributed by atoms with E-state index < -0.39 is 0 Å². The van der Waals surface area contributed by atoms with E-state index in [-0.39, 0.29) is 0 Å². The summed E-state index contributed by atoms with van der Waals surface area (Å²) in [6, 6.07) is 0. The van der Waals surface area contributed by atoms with Crippen LogP contribution < -0.4 is 0 Å². The minimum atomic E-state index is 0.441. The lowest BCUT2D eigenvalue weighted by molar-refractivity contribution is -0.118. The molecule has 1 nitrogen and oxygen atoms in total. The molecule has 0 aliphatic carbocycles. The molecule has 0 aliphatic heterocycles. The first-order valence-corrected chi connectivity index (χ1v) is 30.9. The SMILES string of the molecule is CCC(=O)CCCCCCCCCCCCCC[C@H](C)CC(CCC(C)CCCCCCCCC(C)CCCCC(C)CCCCCCCCC(C)CCCCC[C@@H](C)C(C)C)C(C)C. The smallest absolute Gasteiger partial charge is 0.132 e. The van der Waals surface area contributed by atoms with Crippen LogP contribution in [-0.2, 0) is 4.79 Å². The second-order valence-electron chi connectivity index (χ2n) is 24.6. The number of carbonyl (C=O) groups excluding carboxylic acids is 1. The van der Waals surface area contributed by atoms with Crippen LogP contribution in [-0.4, -0.2) is 5.78 Å². The lowest BCUT2D eigenvalue weighted by Gasteiger charge is -2.26. The Balaban J connectivity index is 3.65. The van der Waals surface area contributed by atoms with E-state index in [1.165, 1.54) is 257 Å². The van der Waals surface area contributed by atoms with Crippen LogP contribution in [0.1, 0.15) is 352 Å². The van der Waals surface area contributed by atoms with Crippen LogP contribution in [0.25, 0.3) is 0 Å². The van der Waals surface area contributed by atoms with Crippen LogP contribution in [0.3, 0.4) is 0 Å². The van der Waals surface area contributed by atoms with Gasteiger partial charge in [-0.3, -0.25) is 4.79 Å². The standard InChI is InChI=1S/C64H128O/c1-12-64(65)51-39-30-20-18-16-14-13-15-17-19-29-36-49-61(10)54-63(56(4)5)53-52-60(9)46-35-28-24-23-27-34-44-59(8)48-41-40-47-58(7)43-33-26-22-21-25-32-42-57(6)45-37-31-38-50-62(11)55(2)3/h55-63H,12-54H2,1-11H3/t57?,58?,59?,60?,61-,62+,63?/m0/s1. The van der Waals surface area contributed by atoms with E-state index in [1.54, 1.807) is 0 Å². The highest BCUT2D eigenvalue weighted by Gasteiger charge is 2.18. The van der Waals surface area contributed by atoms with Crippen molar-refractivity contribution >= 4 is 5.78 Å². The third kappa shape index (κ3) is 45.9. The molecule has 0 aromatic carbocycles. The van der Waals surface area contributed by atoms with Crippen molar-refractivity contribution in [2.75, 3.05) is 0 Å². The molecule has 0 fully saturated rings. The molecule has 0 N–H and O–H groups in total. The van der Waals surface area contributed by atoms with Crippen molar-refractivity contribution in [3.05, 3.63) is 0 Å². The van der Waals surface area contributed by atoms with Gasteiger partial charge in [-0.25, -0.2) is 0 Å². The molecule has 0 rings (SSSR count). The Morgan fingerprint density at radius 1 is 0.277 bits per heavy atom. The Bertz CT molecular complexity index is 949. The predicted octanol–water partition coefficient (Wildman–Crippen LogP) is 23.1. The maximum absolute atomic E-state index is 11.4. The summed E-state index contributed by atoms with van der Waals surface area (Å²) < 4.78 is 0. The molecular weight excluding hydrogens is 785 g/mol. The second-order valence-corrected chi connectivity index (χ2v) is 24.6. The fourth-order valence-corrected chi connectivity index (χ4v) is 11.0. The monoisotopic (exact) mass is 913 g/mol. The van der Waals surface area contributed by atoms with Crippen molar-refractivity contribution in [2.24, 2.45) is 53.3 Å². The van der Waals surface area contributed by atoms with E-state index >= 15 is 0 Å².